The molecule has 0 saturated heterocycles. The molecule has 3 rings (SSSR count). The van der Waals surface area contributed by atoms with Crippen LogP contribution < -0.4 is 29.9 Å². The average molecular weight is 557 g/mol. The van der Waals surface area contributed by atoms with Gasteiger partial charge < -0.3 is 34.9 Å². The predicted octanol–water partition coefficient (Wildman–Crippen LogP) is -1.37. The van der Waals surface area contributed by atoms with Crippen molar-refractivity contribution in [2.24, 2.45) is 0 Å². The van der Waals surface area contributed by atoms with Crippen molar-refractivity contribution >= 4 is 47.1 Å². The molecule has 1 aromatic carbocycles. The minimum absolute atomic E-state index is 0.0738. The van der Waals surface area contributed by atoms with Crippen LogP contribution in [0.15, 0.2) is 30.5 Å². The molecule has 15 heteroatoms. The highest BCUT2D eigenvalue weighted by molar-refractivity contribution is 6.11. The maximum absolute atomic E-state index is 13.8. The van der Waals surface area contributed by atoms with Gasteiger partial charge in [0.05, 0.1) is 44.4 Å². The van der Waals surface area contributed by atoms with E-state index in [9.17, 15) is 33.9 Å². The van der Waals surface area contributed by atoms with Crippen LogP contribution in [0, 0.1) is 0 Å². The van der Waals surface area contributed by atoms with E-state index in [2.05, 4.69) is 20.6 Å². The number of nitrogens with zero attached hydrogens (tertiary/aromatic N) is 4. The average Bonchev–Trinajstić information content (AvgIpc) is 3.06. The van der Waals surface area contributed by atoms with E-state index in [1.54, 1.807) is 12.1 Å². The second-order valence-electron chi connectivity index (χ2n) is 8.59. The maximum atomic E-state index is 13.8. The molecule has 2 heterocycles. The fourth-order valence-corrected chi connectivity index (χ4v) is 4.00. The predicted molar refractivity (Wildman–Crippen MR) is 138 cm³/mol. The molecule has 0 radical (unpaired) electrons. The van der Waals surface area contributed by atoms with Gasteiger partial charge in [0.1, 0.15) is 31.3 Å². The van der Waals surface area contributed by atoms with E-state index < -0.39 is 55.4 Å². The quantitative estimate of drug-likeness (QED) is 0.276. The molecule has 0 fully saturated rings. The Balaban J connectivity index is 1.99. The summed E-state index contributed by atoms with van der Waals surface area (Å²) >= 11 is 0. The smallest absolute Gasteiger partial charge is 0.276 e. The second-order valence-corrected chi connectivity index (χ2v) is 8.59. The van der Waals surface area contributed by atoms with Crippen LogP contribution in [0.5, 0.6) is 11.8 Å². The third-order valence-electron chi connectivity index (χ3n) is 5.79. The van der Waals surface area contributed by atoms with E-state index in [1.807, 2.05) is 0 Å². The molecule has 212 valence electrons. The molecule has 4 amide bonds. The summed E-state index contributed by atoms with van der Waals surface area (Å²) in [5, 5.41) is 14.5. The highest BCUT2D eigenvalue weighted by Crippen LogP contribution is 2.33. The van der Waals surface area contributed by atoms with Gasteiger partial charge in [0, 0.05) is 6.42 Å². The number of hydrogen-bond acceptors (Lipinski definition) is 11. The van der Waals surface area contributed by atoms with Crippen LogP contribution in [0.1, 0.15) is 23.8 Å². The van der Waals surface area contributed by atoms with E-state index in [4.69, 9.17) is 9.47 Å². The van der Waals surface area contributed by atoms with Crippen LogP contribution in [0.2, 0.25) is 0 Å². The number of aromatic nitrogens is 2. The number of ketones is 1. The Hall–Kier alpha value is -4.92. The van der Waals surface area contributed by atoms with Gasteiger partial charge in [-0.15, -0.1) is 0 Å². The summed E-state index contributed by atoms with van der Waals surface area (Å²) in [7, 11) is 2.61. The number of aliphatic hydroxyl groups is 1. The number of methoxy groups -OCH3 is 2. The largest absolute Gasteiger partial charge is 0.480 e. The van der Waals surface area contributed by atoms with Crippen LogP contribution in [0.4, 0.5) is 11.4 Å². The summed E-state index contributed by atoms with van der Waals surface area (Å²) in [4.78, 5) is 85.4. The van der Waals surface area contributed by atoms with E-state index in [0.29, 0.717) is 6.29 Å². The summed E-state index contributed by atoms with van der Waals surface area (Å²) in [5.74, 6) is -3.63. The van der Waals surface area contributed by atoms with Gasteiger partial charge >= 0.3 is 0 Å². The van der Waals surface area contributed by atoms with Gasteiger partial charge in [-0.1, -0.05) is 12.1 Å². The summed E-state index contributed by atoms with van der Waals surface area (Å²) in [5.41, 5.74) is 0.0504. The Labute approximate surface area is 228 Å². The number of aldehydes is 1. The van der Waals surface area contributed by atoms with E-state index in [0.717, 1.165) is 9.80 Å². The number of amides is 4. The molecule has 2 atom stereocenters. The van der Waals surface area contributed by atoms with Gasteiger partial charge in [-0.25, -0.2) is 4.98 Å². The van der Waals surface area contributed by atoms with E-state index in [1.165, 1.54) is 39.5 Å². The number of Topliss-reactive ketones (excluding diaryl/α,β-unsaturated/α-hetero) is 1. The molecule has 2 aromatic rings. The fraction of sp³-hybridized carbons (Fsp3) is 0.360. The molecule has 1 aliphatic heterocycles. The fourth-order valence-electron chi connectivity index (χ4n) is 4.00. The van der Waals surface area contributed by atoms with E-state index >= 15 is 0 Å². The first-order valence-electron chi connectivity index (χ1n) is 11.9. The molecule has 1 aliphatic rings. The number of carbonyl (C=O) groups is 6. The molecule has 0 unspecified atom stereocenters. The Bertz CT molecular complexity index is 1320. The summed E-state index contributed by atoms with van der Waals surface area (Å²) in [6.07, 6.45) is 1.35. The van der Waals surface area contributed by atoms with Gasteiger partial charge in [-0.05, 0) is 19.1 Å². The molecule has 15 nitrogen and oxygen atoms in total. The SMILES string of the molecule is COc1cnc(C(=O)N[C@H]2CN(C(=O)CO)c3ccccc3N(CC(=O)N[C@H](C=O)CC(C)=O)C2=O)c(OC)n1. The van der Waals surface area contributed by atoms with Crippen molar-refractivity contribution < 1.29 is 43.3 Å². The van der Waals surface area contributed by atoms with Crippen LogP contribution in [-0.2, 0) is 24.0 Å². The number of ether oxygens (including phenoxy) is 2. The molecular formula is C25H28N6O9. The number of rotatable bonds is 11. The third kappa shape index (κ3) is 6.74. The Morgan fingerprint density at radius 2 is 1.88 bits per heavy atom. The number of carbonyl (C=O) groups excluding carboxylic acids is 6. The van der Waals surface area contributed by atoms with Crippen molar-refractivity contribution in [2.45, 2.75) is 25.4 Å². The van der Waals surface area contributed by atoms with Crippen molar-refractivity contribution in [1.29, 1.82) is 0 Å². The number of fused-ring (bicyclic) bond motifs is 1. The normalized spacial score (nSPS) is 15.3. The van der Waals surface area contributed by atoms with E-state index in [-0.39, 0.29) is 41.0 Å². The topological polar surface area (TPSA) is 197 Å². The lowest BCUT2D eigenvalue weighted by atomic mass is 10.1. The molecule has 0 saturated carbocycles. The molecular weight excluding hydrogens is 528 g/mol. The maximum Gasteiger partial charge on any atom is 0.276 e. The number of anilines is 2. The molecule has 40 heavy (non-hydrogen) atoms. The molecule has 3 N–H and O–H groups in total. The number of benzene rings is 1. The van der Waals surface area contributed by atoms with Gasteiger partial charge in [0.15, 0.2) is 5.69 Å². The van der Waals surface area contributed by atoms with Crippen molar-refractivity contribution in [3.63, 3.8) is 0 Å². The highest BCUT2D eigenvalue weighted by atomic mass is 16.5. The van der Waals surface area contributed by atoms with Crippen LogP contribution in [0.25, 0.3) is 0 Å². The van der Waals surface area contributed by atoms with Crippen LogP contribution in [0.3, 0.4) is 0 Å². The minimum atomic E-state index is -1.42. The van der Waals surface area contributed by atoms with Gasteiger partial charge in [-0.3, -0.25) is 28.9 Å². The highest BCUT2D eigenvalue weighted by Gasteiger charge is 2.38. The number of nitrogens with one attached hydrogen (secondary N) is 2. The first-order chi connectivity index (χ1) is 19.1. The lowest BCUT2D eigenvalue weighted by Crippen LogP contribution is -2.55. The number of para-hydroxylation sites is 2. The summed E-state index contributed by atoms with van der Waals surface area (Å²) in [6, 6.07) is 3.62. The van der Waals surface area contributed by atoms with Crippen molar-refractivity contribution in [1.82, 2.24) is 20.6 Å². The molecule has 0 bridgehead atoms. The van der Waals surface area contributed by atoms with Crippen molar-refractivity contribution in [3.05, 3.63) is 36.2 Å². The van der Waals surface area contributed by atoms with Crippen molar-refractivity contribution in [2.75, 3.05) is 43.7 Å². The molecule has 0 aliphatic carbocycles. The number of aliphatic hydroxyl groups excluding tert-OH is 1. The standard InChI is InChI=1S/C25H28N6O9/c1-14(34)8-15(12-32)27-19(35)11-31-18-7-5-4-6-17(18)30(21(36)13-33)10-16(25(31)38)28-23(37)22-24(40-3)29-20(39-2)9-26-22/h4-7,9,12,15-16,33H,8,10-11,13H2,1-3H3,(H,27,35)(H,28,37)/t15-,16-/m0/s1. The Morgan fingerprint density at radius 1 is 1.18 bits per heavy atom. The summed E-state index contributed by atoms with van der Waals surface area (Å²) in [6.45, 7) is -0.642. The third-order valence-corrected chi connectivity index (χ3v) is 5.79. The monoisotopic (exact) mass is 556 g/mol. The molecule has 1 aromatic heterocycles. The first-order valence-corrected chi connectivity index (χ1v) is 11.9. The first kappa shape index (κ1) is 29.6. The van der Waals surface area contributed by atoms with Crippen LogP contribution >= 0.6 is 0 Å². The van der Waals surface area contributed by atoms with Gasteiger partial charge in [-0.2, -0.15) is 4.98 Å². The minimum Gasteiger partial charge on any atom is -0.480 e. The zero-order valence-electron chi connectivity index (χ0n) is 21.9. The lowest BCUT2D eigenvalue weighted by Gasteiger charge is -2.25. The Morgan fingerprint density at radius 3 is 2.48 bits per heavy atom. The zero-order valence-corrected chi connectivity index (χ0v) is 21.9. The van der Waals surface area contributed by atoms with Gasteiger partial charge in [0.25, 0.3) is 17.7 Å². The molecule has 0 spiro atoms. The number of hydrogen-bond donors (Lipinski definition) is 3. The second kappa shape index (κ2) is 13.2. The zero-order chi connectivity index (χ0) is 29.4. The Kier molecular flexibility index (Phi) is 9.81. The van der Waals surface area contributed by atoms with Crippen molar-refractivity contribution in [3.8, 4) is 11.8 Å². The summed E-state index contributed by atoms with van der Waals surface area (Å²) < 4.78 is 10.1. The van der Waals surface area contributed by atoms with Gasteiger partial charge in [0.2, 0.25) is 17.7 Å². The van der Waals surface area contributed by atoms with Crippen LogP contribution in [-0.4, -0.2) is 96.8 Å². The lowest BCUT2D eigenvalue weighted by molar-refractivity contribution is -0.127.